The van der Waals surface area contributed by atoms with Crippen LogP contribution in [0.2, 0.25) is 0 Å². The largest absolute Gasteiger partial charge is 0.494 e. The van der Waals surface area contributed by atoms with Crippen LogP contribution in [0.15, 0.2) is 77.7 Å². The van der Waals surface area contributed by atoms with E-state index in [1.807, 2.05) is 50.2 Å². The molecule has 0 saturated carbocycles. The topological polar surface area (TPSA) is 67.4 Å². The van der Waals surface area contributed by atoms with Gasteiger partial charge in [-0.25, -0.2) is 8.42 Å². The summed E-state index contributed by atoms with van der Waals surface area (Å²) in [5.41, 5.74) is 3.20. The number of hydrogen-bond donors (Lipinski definition) is 2. The van der Waals surface area contributed by atoms with Gasteiger partial charge in [-0.1, -0.05) is 29.8 Å². The average molecular weight is 382 g/mol. The molecule has 0 saturated heterocycles. The van der Waals surface area contributed by atoms with Gasteiger partial charge >= 0.3 is 0 Å². The minimum Gasteiger partial charge on any atom is -0.494 e. The van der Waals surface area contributed by atoms with Crippen LogP contribution < -0.4 is 14.8 Å². The quantitative estimate of drug-likeness (QED) is 0.607. The van der Waals surface area contributed by atoms with Gasteiger partial charge in [-0.05, 0) is 62.4 Å². The van der Waals surface area contributed by atoms with Gasteiger partial charge in [0.05, 0.1) is 22.9 Å². The van der Waals surface area contributed by atoms with Crippen LogP contribution in [0.25, 0.3) is 0 Å². The average Bonchev–Trinajstić information content (AvgIpc) is 2.66. The Balaban J connectivity index is 1.83. The zero-order chi connectivity index (χ0) is 19.3. The number of anilines is 3. The molecule has 27 heavy (non-hydrogen) atoms. The Morgan fingerprint density at radius 2 is 1.48 bits per heavy atom. The van der Waals surface area contributed by atoms with Crippen molar-refractivity contribution in [3.63, 3.8) is 0 Å². The van der Waals surface area contributed by atoms with E-state index in [9.17, 15) is 8.42 Å². The van der Waals surface area contributed by atoms with Gasteiger partial charge < -0.3 is 10.1 Å². The number of benzene rings is 3. The molecular formula is C21H22N2O3S. The number of nitrogens with one attached hydrogen (secondary N) is 2. The lowest BCUT2D eigenvalue weighted by molar-refractivity contribution is 0.340. The molecule has 0 bridgehead atoms. The highest BCUT2D eigenvalue weighted by atomic mass is 32.2. The molecule has 0 amide bonds. The van der Waals surface area contributed by atoms with Gasteiger partial charge in [0.25, 0.3) is 10.0 Å². The number of sulfonamides is 1. The van der Waals surface area contributed by atoms with Crippen molar-refractivity contribution in [3.05, 3.63) is 78.4 Å². The highest BCUT2D eigenvalue weighted by molar-refractivity contribution is 7.92. The maximum atomic E-state index is 12.7. The summed E-state index contributed by atoms with van der Waals surface area (Å²) in [5, 5.41) is 3.25. The minimum atomic E-state index is -3.71. The normalized spacial score (nSPS) is 11.0. The van der Waals surface area contributed by atoms with E-state index in [-0.39, 0.29) is 4.90 Å². The molecule has 6 heteroatoms. The number of hydrogen-bond acceptors (Lipinski definition) is 4. The summed E-state index contributed by atoms with van der Waals surface area (Å²) in [6.45, 7) is 4.43. The fourth-order valence-electron chi connectivity index (χ4n) is 2.56. The number of para-hydroxylation sites is 2. The molecule has 5 nitrogen and oxygen atoms in total. The van der Waals surface area contributed by atoms with Crippen molar-refractivity contribution in [2.75, 3.05) is 16.6 Å². The first-order chi connectivity index (χ1) is 13.0. The monoisotopic (exact) mass is 382 g/mol. The van der Waals surface area contributed by atoms with Crippen molar-refractivity contribution in [3.8, 4) is 5.75 Å². The van der Waals surface area contributed by atoms with E-state index >= 15 is 0 Å². The van der Waals surface area contributed by atoms with Crippen LogP contribution in [-0.2, 0) is 10.0 Å². The molecule has 0 unspecified atom stereocenters. The summed E-state index contributed by atoms with van der Waals surface area (Å²) >= 11 is 0. The molecule has 0 aliphatic heterocycles. The second-order valence-electron chi connectivity index (χ2n) is 6.05. The second-order valence-corrected chi connectivity index (χ2v) is 7.73. The standard InChI is InChI=1S/C21H22N2O3S/c1-3-26-18-12-14-19(15-13-18)27(24,25)23-21-7-5-4-6-20(21)22-17-10-8-16(2)9-11-17/h4-15,22-23H,3H2,1-2H3. The Morgan fingerprint density at radius 3 is 2.11 bits per heavy atom. The predicted molar refractivity (Wildman–Crippen MR) is 109 cm³/mol. The predicted octanol–water partition coefficient (Wildman–Crippen LogP) is 4.94. The summed E-state index contributed by atoms with van der Waals surface area (Å²) in [4.78, 5) is 0.177. The minimum absolute atomic E-state index is 0.177. The highest BCUT2D eigenvalue weighted by Gasteiger charge is 2.16. The van der Waals surface area contributed by atoms with Crippen molar-refractivity contribution in [2.24, 2.45) is 0 Å². The van der Waals surface area contributed by atoms with Gasteiger partial charge in [0.15, 0.2) is 0 Å². The first-order valence-corrected chi connectivity index (χ1v) is 10.1. The van der Waals surface area contributed by atoms with E-state index in [2.05, 4.69) is 10.0 Å². The summed E-state index contributed by atoms with van der Waals surface area (Å²) in [6.07, 6.45) is 0. The van der Waals surface area contributed by atoms with Gasteiger partial charge in [0.2, 0.25) is 0 Å². The molecule has 0 radical (unpaired) electrons. The lowest BCUT2D eigenvalue weighted by Gasteiger charge is -2.14. The second kappa shape index (κ2) is 8.14. The molecule has 3 aromatic rings. The molecule has 0 spiro atoms. The lowest BCUT2D eigenvalue weighted by Crippen LogP contribution is -2.14. The fourth-order valence-corrected chi connectivity index (χ4v) is 3.64. The third-order valence-corrected chi connectivity index (χ3v) is 5.33. The van der Waals surface area contributed by atoms with Gasteiger partial charge in [-0.2, -0.15) is 0 Å². The molecule has 0 aliphatic rings. The zero-order valence-corrected chi connectivity index (χ0v) is 16.1. The summed E-state index contributed by atoms with van der Waals surface area (Å²) in [5.74, 6) is 0.637. The van der Waals surface area contributed by atoms with Crippen LogP contribution in [0.3, 0.4) is 0 Å². The number of aryl methyl sites for hydroxylation is 1. The Kier molecular flexibility index (Phi) is 5.66. The molecule has 0 aliphatic carbocycles. The number of rotatable bonds is 7. The number of ether oxygens (including phenoxy) is 1. The molecule has 0 atom stereocenters. The molecule has 140 valence electrons. The third-order valence-electron chi connectivity index (χ3n) is 3.95. The van der Waals surface area contributed by atoms with Crippen LogP contribution in [0.1, 0.15) is 12.5 Å². The van der Waals surface area contributed by atoms with Gasteiger partial charge in [0.1, 0.15) is 5.75 Å². The SMILES string of the molecule is CCOc1ccc(S(=O)(=O)Nc2ccccc2Nc2ccc(C)cc2)cc1. The van der Waals surface area contributed by atoms with Crippen molar-refractivity contribution >= 4 is 27.1 Å². The van der Waals surface area contributed by atoms with Crippen LogP contribution >= 0.6 is 0 Å². The Labute approximate surface area is 160 Å². The summed E-state index contributed by atoms with van der Waals surface area (Å²) < 4.78 is 33.5. The zero-order valence-electron chi connectivity index (χ0n) is 15.3. The van der Waals surface area contributed by atoms with Crippen molar-refractivity contribution < 1.29 is 13.2 Å². The summed E-state index contributed by atoms with van der Waals surface area (Å²) in [6, 6.07) is 21.4. The van der Waals surface area contributed by atoms with Crippen molar-refractivity contribution in [1.82, 2.24) is 0 Å². The molecule has 2 N–H and O–H groups in total. The van der Waals surface area contributed by atoms with Crippen LogP contribution in [-0.4, -0.2) is 15.0 Å². The van der Waals surface area contributed by atoms with E-state index in [1.54, 1.807) is 24.3 Å². The van der Waals surface area contributed by atoms with E-state index in [0.717, 1.165) is 11.3 Å². The third kappa shape index (κ3) is 4.80. The fraction of sp³-hybridized carbons (Fsp3) is 0.143. The van der Waals surface area contributed by atoms with E-state index in [1.165, 1.54) is 12.1 Å². The Bertz CT molecular complexity index is 998. The van der Waals surface area contributed by atoms with Crippen molar-refractivity contribution in [2.45, 2.75) is 18.7 Å². The highest BCUT2D eigenvalue weighted by Crippen LogP contribution is 2.28. The Morgan fingerprint density at radius 1 is 0.852 bits per heavy atom. The van der Waals surface area contributed by atoms with Crippen LogP contribution in [0.5, 0.6) is 5.75 Å². The smallest absolute Gasteiger partial charge is 0.261 e. The van der Waals surface area contributed by atoms with E-state index < -0.39 is 10.0 Å². The van der Waals surface area contributed by atoms with Gasteiger partial charge in [-0.3, -0.25) is 4.72 Å². The lowest BCUT2D eigenvalue weighted by atomic mass is 10.2. The molecule has 3 aromatic carbocycles. The molecule has 0 fully saturated rings. The first-order valence-electron chi connectivity index (χ1n) is 8.66. The molecule has 0 aromatic heterocycles. The van der Waals surface area contributed by atoms with E-state index in [0.29, 0.717) is 23.7 Å². The van der Waals surface area contributed by atoms with Crippen LogP contribution in [0.4, 0.5) is 17.1 Å². The van der Waals surface area contributed by atoms with Crippen molar-refractivity contribution in [1.29, 1.82) is 0 Å². The van der Waals surface area contributed by atoms with Gasteiger partial charge in [-0.15, -0.1) is 0 Å². The summed E-state index contributed by atoms with van der Waals surface area (Å²) in [7, 11) is -3.71. The maximum Gasteiger partial charge on any atom is 0.261 e. The van der Waals surface area contributed by atoms with Crippen LogP contribution in [0, 0.1) is 6.92 Å². The van der Waals surface area contributed by atoms with Gasteiger partial charge in [0, 0.05) is 5.69 Å². The molecular weight excluding hydrogens is 360 g/mol. The molecule has 0 heterocycles. The maximum absolute atomic E-state index is 12.7. The van der Waals surface area contributed by atoms with E-state index in [4.69, 9.17) is 4.74 Å². The molecule has 3 rings (SSSR count). The first kappa shape index (κ1) is 18.8. The Hall–Kier alpha value is -2.99.